The number of aliphatic carboxylic acids is 2. The van der Waals surface area contributed by atoms with Gasteiger partial charge in [-0.05, 0) is 25.0 Å². The summed E-state index contributed by atoms with van der Waals surface area (Å²) in [6.45, 7) is 2.74. The van der Waals surface area contributed by atoms with E-state index in [9.17, 15) is 14.2 Å². The second kappa shape index (κ2) is 8.52. The largest absolute Gasteiger partial charge is 0.698 e. The van der Waals surface area contributed by atoms with E-state index >= 15 is 0 Å². The molecular formula is C10H14O7P+. The molecule has 0 saturated carbocycles. The van der Waals surface area contributed by atoms with Gasteiger partial charge in [0.2, 0.25) is 0 Å². The van der Waals surface area contributed by atoms with E-state index in [2.05, 4.69) is 0 Å². The molecule has 0 aromatic carbocycles. The zero-order valence-electron chi connectivity index (χ0n) is 9.95. The number of hydrogen-bond donors (Lipinski definition) is 2. The molecule has 0 rings (SSSR count). The molecule has 0 spiro atoms. The van der Waals surface area contributed by atoms with Gasteiger partial charge in [0.1, 0.15) is 13.2 Å². The first kappa shape index (κ1) is 16.4. The Labute approximate surface area is 105 Å². The fraction of sp³-hybridized carbons (Fsp3) is 0.400. The van der Waals surface area contributed by atoms with Crippen molar-refractivity contribution in [2.75, 3.05) is 13.2 Å². The van der Waals surface area contributed by atoms with Crippen LogP contribution in [0.1, 0.15) is 13.8 Å². The lowest BCUT2D eigenvalue weighted by Crippen LogP contribution is -1.98. The summed E-state index contributed by atoms with van der Waals surface area (Å²) in [5.41, 5.74) is 0.763. The van der Waals surface area contributed by atoms with Crippen molar-refractivity contribution in [1.29, 1.82) is 0 Å². The first-order chi connectivity index (χ1) is 8.31. The lowest BCUT2D eigenvalue weighted by Gasteiger charge is -1.94. The molecule has 2 N–H and O–H groups in total. The third-order valence-electron chi connectivity index (χ3n) is 1.54. The third-order valence-corrected chi connectivity index (χ3v) is 2.21. The Morgan fingerprint density at radius 3 is 1.61 bits per heavy atom. The summed E-state index contributed by atoms with van der Waals surface area (Å²) >= 11 is 0. The van der Waals surface area contributed by atoms with Gasteiger partial charge < -0.3 is 10.2 Å². The maximum Gasteiger partial charge on any atom is 0.698 e. The van der Waals surface area contributed by atoms with E-state index in [0.29, 0.717) is 11.1 Å². The highest BCUT2D eigenvalue weighted by molar-refractivity contribution is 7.33. The van der Waals surface area contributed by atoms with Gasteiger partial charge in [-0.15, -0.1) is 9.05 Å². The van der Waals surface area contributed by atoms with Gasteiger partial charge in [0, 0.05) is 16.7 Å². The summed E-state index contributed by atoms with van der Waals surface area (Å²) in [4.78, 5) is 20.5. The van der Waals surface area contributed by atoms with Crippen LogP contribution in [0.5, 0.6) is 0 Å². The SMILES string of the molecule is C/C(=C\C(=O)O)CO[P+](=O)OC/C(C)=C/C(=O)O. The smallest absolute Gasteiger partial charge is 0.478 e. The van der Waals surface area contributed by atoms with E-state index in [4.69, 9.17) is 19.3 Å². The van der Waals surface area contributed by atoms with Crippen molar-refractivity contribution < 1.29 is 33.4 Å². The maximum absolute atomic E-state index is 11.2. The van der Waals surface area contributed by atoms with Crippen molar-refractivity contribution in [2.45, 2.75) is 13.8 Å². The van der Waals surface area contributed by atoms with E-state index in [1.807, 2.05) is 0 Å². The molecule has 0 radical (unpaired) electrons. The first-order valence-electron chi connectivity index (χ1n) is 4.84. The molecule has 0 aliphatic carbocycles. The molecule has 0 heterocycles. The quantitative estimate of drug-likeness (QED) is 0.513. The standard InChI is InChI=1S/C10H13O7P/c1-7(3-9(11)12)5-16-18(15)17-6-8(2)4-10(13)14/h3-4H,5-6H2,1-2H3,(H-,11,12,13,14)/p+1/b7-3+,8-4+. The molecule has 0 fully saturated rings. The number of hydrogen-bond acceptors (Lipinski definition) is 5. The molecule has 8 heteroatoms. The van der Waals surface area contributed by atoms with Crippen LogP contribution in [-0.4, -0.2) is 35.4 Å². The van der Waals surface area contributed by atoms with E-state index in [1.165, 1.54) is 13.8 Å². The zero-order valence-corrected chi connectivity index (χ0v) is 10.8. The normalized spacial score (nSPS) is 13.3. The van der Waals surface area contributed by atoms with Gasteiger partial charge in [0.05, 0.1) is 0 Å². The molecule has 18 heavy (non-hydrogen) atoms. The highest BCUT2D eigenvalue weighted by Crippen LogP contribution is 2.25. The highest BCUT2D eigenvalue weighted by Gasteiger charge is 2.20. The fourth-order valence-corrected chi connectivity index (χ4v) is 1.54. The third kappa shape index (κ3) is 9.65. The van der Waals surface area contributed by atoms with Gasteiger partial charge in [0.25, 0.3) is 0 Å². The average molecular weight is 277 g/mol. The van der Waals surface area contributed by atoms with Crippen LogP contribution in [0.3, 0.4) is 0 Å². The van der Waals surface area contributed by atoms with Crippen LogP contribution >= 0.6 is 8.25 Å². The van der Waals surface area contributed by atoms with Gasteiger partial charge in [-0.3, -0.25) is 0 Å². The summed E-state index contributed by atoms with van der Waals surface area (Å²) in [5.74, 6) is -2.24. The number of rotatable bonds is 8. The molecule has 0 atom stereocenters. The molecule has 0 aliphatic rings. The van der Waals surface area contributed by atoms with Gasteiger partial charge in [-0.1, -0.05) is 0 Å². The maximum atomic E-state index is 11.2. The lowest BCUT2D eigenvalue weighted by molar-refractivity contribution is -0.132. The van der Waals surface area contributed by atoms with Crippen LogP contribution in [0.2, 0.25) is 0 Å². The van der Waals surface area contributed by atoms with E-state index in [0.717, 1.165) is 12.2 Å². The minimum Gasteiger partial charge on any atom is -0.478 e. The van der Waals surface area contributed by atoms with E-state index in [-0.39, 0.29) is 13.2 Å². The molecule has 7 nitrogen and oxygen atoms in total. The monoisotopic (exact) mass is 277 g/mol. The topological polar surface area (TPSA) is 110 Å². The molecule has 0 bridgehead atoms. The summed E-state index contributed by atoms with van der Waals surface area (Å²) in [7, 11) is -2.41. The van der Waals surface area contributed by atoms with Crippen LogP contribution in [0, 0.1) is 0 Å². The van der Waals surface area contributed by atoms with Crippen LogP contribution in [0.25, 0.3) is 0 Å². The second-order valence-corrected chi connectivity index (χ2v) is 4.39. The minimum absolute atomic E-state index is 0.136. The van der Waals surface area contributed by atoms with Gasteiger partial charge in [-0.2, -0.15) is 0 Å². The predicted octanol–water partition coefficient (Wildman–Crippen LogP) is 1.74. The predicted molar refractivity (Wildman–Crippen MR) is 62.3 cm³/mol. The van der Waals surface area contributed by atoms with Crippen LogP contribution in [-0.2, 0) is 23.2 Å². The molecule has 0 aliphatic heterocycles. The Kier molecular flexibility index (Phi) is 7.78. The Balaban J connectivity index is 4.00. The van der Waals surface area contributed by atoms with Crippen molar-refractivity contribution in [3.8, 4) is 0 Å². The van der Waals surface area contributed by atoms with Gasteiger partial charge in [-0.25, -0.2) is 9.59 Å². The van der Waals surface area contributed by atoms with Crippen LogP contribution < -0.4 is 0 Å². The second-order valence-electron chi connectivity index (χ2n) is 3.43. The molecule has 0 amide bonds. The Hall–Kier alpha value is -1.56. The van der Waals surface area contributed by atoms with Crippen molar-refractivity contribution >= 4 is 20.2 Å². The van der Waals surface area contributed by atoms with Gasteiger partial charge in [0.15, 0.2) is 0 Å². The van der Waals surface area contributed by atoms with Crippen molar-refractivity contribution in [3.05, 3.63) is 23.3 Å². The Morgan fingerprint density at radius 1 is 1.00 bits per heavy atom. The molecular weight excluding hydrogens is 263 g/mol. The Morgan fingerprint density at radius 2 is 1.33 bits per heavy atom. The number of carboxylic acid groups (broad SMARTS) is 2. The van der Waals surface area contributed by atoms with Crippen LogP contribution in [0.4, 0.5) is 0 Å². The van der Waals surface area contributed by atoms with Crippen molar-refractivity contribution in [2.24, 2.45) is 0 Å². The van der Waals surface area contributed by atoms with Crippen molar-refractivity contribution in [3.63, 3.8) is 0 Å². The summed E-state index contributed by atoms with van der Waals surface area (Å²) < 4.78 is 20.7. The fourth-order valence-electron chi connectivity index (χ4n) is 0.851. The van der Waals surface area contributed by atoms with E-state index in [1.54, 1.807) is 0 Å². The Bertz CT molecular complexity index is 361. The van der Waals surface area contributed by atoms with Gasteiger partial charge >= 0.3 is 20.2 Å². The summed E-state index contributed by atoms with van der Waals surface area (Å²) in [5, 5.41) is 16.8. The average Bonchev–Trinajstić information content (AvgIpc) is 2.21. The lowest BCUT2D eigenvalue weighted by atomic mass is 10.3. The molecule has 0 saturated heterocycles. The van der Waals surface area contributed by atoms with E-state index < -0.39 is 20.2 Å². The minimum atomic E-state index is -2.41. The van der Waals surface area contributed by atoms with Crippen LogP contribution in [0.15, 0.2) is 23.3 Å². The summed E-state index contributed by atoms with van der Waals surface area (Å²) in [6.07, 6.45) is 1.86. The molecule has 100 valence electrons. The molecule has 0 aromatic heterocycles. The molecule has 0 unspecified atom stereocenters. The first-order valence-corrected chi connectivity index (χ1v) is 5.94. The highest BCUT2D eigenvalue weighted by atomic mass is 31.1. The molecule has 0 aromatic rings. The van der Waals surface area contributed by atoms with Crippen molar-refractivity contribution in [1.82, 2.24) is 0 Å². The summed E-state index contributed by atoms with van der Waals surface area (Å²) in [6, 6.07) is 0. The zero-order chi connectivity index (χ0) is 14.1. The number of carbonyl (C=O) groups is 2. The number of carboxylic acids is 2.